The standard InChI is InChI=1S/C15H26N4O2/c1-13(20)12-17-8-10-19(11-9-17)15(21)4-3-6-18-7-5-16-14(18)2/h5,7,13,20H,3-4,6,8-12H2,1-2H3/t13-/m1/s1. The van der Waals surface area contributed by atoms with Crippen LogP contribution < -0.4 is 0 Å². The van der Waals surface area contributed by atoms with E-state index in [1.54, 1.807) is 13.1 Å². The average molecular weight is 294 g/mol. The van der Waals surface area contributed by atoms with E-state index in [0.717, 1.165) is 45.0 Å². The molecule has 21 heavy (non-hydrogen) atoms. The highest BCUT2D eigenvalue weighted by Gasteiger charge is 2.21. The van der Waals surface area contributed by atoms with Gasteiger partial charge in [-0.15, -0.1) is 0 Å². The zero-order chi connectivity index (χ0) is 15.2. The Morgan fingerprint density at radius 2 is 2.10 bits per heavy atom. The number of β-amino-alcohol motifs (C(OH)–C–C–N with tert-alkyl or cyclic N) is 1. The topological polar surface area (TPSA) is 61.6 Å². The molecule has 1 N–H and O–H groups in total. The molecular weight excluding hydrogens is 268 g/mol. The second-order valence-electron chi connectivity index (χ2n) is 5.80. The van der Waals surface area contributed by atoms with E-state index in [2.05, 4.69) is 14.5 Å². The van der Waals surface area contributed by atoms with Gasteiger partial charge in [0, 0.05) is 58.1 Å². The molecule has 2 heterocycles. The first-order valence-corrected chi connectivity index (χ1v) is 7.72. The molecule has 1 fully saturated rings. The third kappa shape index (κ3) is 4.82. The number of amides is 1. The molecule has 0 aromatic carbocycles. The molecule has 1 aromatic heterocycles. The van der Waals surface area contributed by atoms with Crippen LogP contribution in [0.1, 0.15) is 25.6 Å². The number of piperazine rings is 1. The normalized spacial score (nSPS) is 18.0. The van der Waals surface area contributed by atoms with E-state index in [-0.39, 0.29) is 12.0 Å². The molecule has 1 saturated heterocycles. The van der Waals surface area contributed by atoms with E-state index in [4.69, 9.17) is 0 Å². The van der Waals surface area contributed by atoms with Gasteiger partial charge in [0.05, 0.1) is 6.10 Å². The van der Waals surface area contributed by atoms with Gasteiger partial charge in [0.15, 0.2) is 0 Å². The van der Waals surface area contributed by atoms with Crippen molar-refractivity contribution in [1.82, 2.24) is 19.4 Å². The third-order valence-corrected chi connectivity index (χ3v) is 3.96. The maximum absolute atomic E-state index is 12.2. The van der Waals surface area contributed by atoms with E-state index < -0.39 is 0 Å². The lowest BCUT2D eigenvalue weighted by Gasteiger charge is -2.35. The summed E-state index contributed by atoms with van der Waals surface area (Å²) in [5.41, 5.74) is 0. The van der Waals surface area contributed by atoms with Gasteiger partial charge in [-0.2, -0.15) is 0 Å². The summed E-state index contributed by atoms with van der Waals surface area (Å²) in [4.78, 5) is 20.5. The quantitative estimate of drug-likeness (QED) is 0.830. The molecule has 0 aliphatic carbocycles. The number of hydrogen-bond acceptors (Lipinski definition) is 4. The number of aromatic nitrogens is 2. The van der Waals surface area contributed by atoms with E-state index in [9.17, 15) is 9.90 Å². The molecule has 6 heteroatoms. The molecule has 1 amide bonds. The Labute approximate surface area is 126 Å². The van der Waals surface area contributed by atoms with E-state index >= 15 is 0 Å². The minimum absolute atomic E-state index is 0.240. The van der Waals surface area contributed by atoms with Crippen LogP contribution in [0.5, 0.6) is 0 Å². The Balaban J connectivity index is 1.67. The van der Waals surface area contributed by atoms with Gasteiger partial charge < -0.3 is 14.6 Å². The summed E-state index contributed by atoms with van der Waals surface area (Å²) in [5.74, 6) is 1.23. The van der Waals surface area contributed by atoms with E-state index in [1.807, 2.05) is 18.0 Å². The lowest BCUT2D eigenvalue weighted by molar-refractivity contribution is -0.133. The number of aliphatic hydroxyl groups is 1. The van der Waals surface area contributed by atoms with Crippen LogP contribution in [0.4, 0.5) is 0 Å². The summed E-state index contributed by atoms with van der Waals surface area (Å²) in [7, 11) is 0. The van der Waals surface area contributed by atoms with E-state index in [1.165, 1.54) is 0 Å². The number of hydrogen-bond donors (Lipinski definition) is 1. The lowest BCUT2D eigenvalue weighted by Crippen LogP contribution is -2.50. The zero-order valence-electron chi connectivity index (χ0n) is 13.0. The van der Waals surface area contributed by atoms with Crippen molar-refractivity contribution in [3.63, 3.8) is 0 Å². The first-order chi connectivity index (χ1) is 10.1. The first-order valence-electron chi connectivity index (χ1n) is 7.72. The smallest absolute Gasteiger partial charge is 0.222 e. The van der Waals surface area contributed by atoms with Crippen LogP contribution in [0.2, 0.25) is 0 Å². The van der Waals surface area contributed by atoms with Gasteiger partial charge in [-0.1, -0.05) is 0 Å². The molecule has 118 valence electrons. The Morgan fingerprint density at radius 3 is 2.67 bits per heavy atom. The van der Waals surface area contributed by atoms with Gasteiger partial charge in [0.25, 0.3) is 0 Å². The molecule has 0 spiro atoms. The highest BCUT2D eigenvalue weighted by molar-refractivity contribution is 5.76. The highest BCUT2D eigenvalue weighted by Crippen LogP contribution is 2.07. The van der Waals surface area contributed by atoms with Crippen LogP contribution in [0, 0.1) is 6.92 Å². The monoisotopic (exact) mass is 294 g/mol. The van der Waals surface area contributed by atoms with Gasteiger partial charge >= 0.3 is 0 Å². The van der Waals surface area contributed by atoms with Crippen molar-refractivity contribution in [2.45, 2.75) is 39.3 Å². The maximum atomic E-state index is 12.2. The molecule has 0 radical (unpaired) electrons. The van der Waals surface area contributed by atoms with Gasteiger partial charge in [-0.3, -0.25) is 9.69 Å². The highest BCUT2D eigenvalue weighted by atomic mass is 16.3. The van der Waals surface area contributed by atoms with Crippen molar-refractivity contribution < 1.29 is 9.90 Å². The van der Waals surface area contributed by atoms with Crippen molar-refractivity contribution in [2.24, 2.45) is 0 Å². The lowest BCUT2D eigenvalue weighted by atomic mass is 10.2. The Morgan fingerprint density at radius 1 is 1.38 bits per heavy atom. The van der Waals surface area contributed by atoms with Gasteiger partial charge in [-0.05, 0) is 20.3 Å². The van der Waals surface area contributed by atoms with Crippen LogP contribution >= 0.6 is 0 Å². The van der Waals surface area contributed by atoms with Crippen molar-refractivity contribution in [3.05, 3.63) is 18.2 Å². The zero-order valence-corrected chi connectivity index (χ0v) is 13.0. The second-order valence-corrected chi connectivity index (χ2v) is 5.80. The summed E-state index contributed by atoms with van der Waals surface area (Å²) in [6.45, 7) is 8.58. The molecule has 0 saturated carbocycles. The molecule has 1 aromatic rings. The van der Waals surface area contributed by atoms with Crippen LogP contribution in [-0.2, 0) is 11.3 Å². The Bertz CT molecular complexity index is 450. The fourth-order valence-corrected chi connectivity index (χ4v) is 2.75. The van der Waals surface area contributed by atoms with E-state index in [0.29, 0.717) is 13.0 Å². The van der Waals surface area contributed by atoms with Crippen molar-refractivity contribution in [1.29, 1.82) is 0 Å². The van der Waals surface area contributed by atoms with Gasteiger partial charge in [0.2, 0.25) is 5.91 Å². The number of carbonyl (C=O) groups is 1. The molecule has 0 unspecified atom stereocenters. The van der Waals surface area contributed by atoms with Crippen molar-refractivity contribution in [3.8, 4) is 0 Å². The number of aliphatic hydroxyl groups excluding tert-OH is 1. The second kappa shape index (κ2) is 7.56. The maximum Gasteiger partial charge on any atom is 0.222 e. The molecule has 1 aliphatic heterocycles. The summed E-state index contributed by atoms with van der Waals surface area (Å²) in [5, 5.41) is 9.38. The number of imidazole rings is 1. The minimum Gasteiger partial charge on any atom is -0.392 e. The minimum atomic E-state index is -0.300. The first kappa shape index (κ1) is 16.0. The van der Waals surface area contributed by atoms with Crippen LogP contribution in [0.25, 0.3) is 0 Å². The SMILES string of the molecule is Cc1nccn1CCCC(=O)N1CCN(C[C@@H](C)O)CC1. The third-order valence-electron chi connectivity index (χ3n) is 3.96. The molecule has 0 bridgehead atoms. The average Bonchev–Trinajstić information content (AvgIpc) is 2.84. The Hall–Kier alpha value is -1.40. The largest absolute Gasteiger partial charge is 0.392 e. The van der Waals surface area contributed by atoms with Crippen molar-refractivity contribution in [2.75, 3.05) is 32.7 Å². The molecule has 6 nitrogen and oxygen atoms in total. The Kier molecular flexibility index (Phi) is 5.76. The van der Waals surface area contributed by atoms with Crippen LogP contribution in [-0.4, -0.2) is 69.2 Å². The number of aryl methyl sites for hydroxylation is 2. The molecule has 1 atom stereocenters. The molecule has 1 aliphatic rings. The number of rotatable bonds is 6. The predicted octanol–water partition coefficient (Wildman–Crippen LogP) is 0.497. The van der Waals surface area contributed by atoms with Crippen molar-refractivity contribution >= 4 is 5.91 Å². The molecule has 2 rings (SSSR count). The fourth-order valence-electron chi connectivity index (χ4n) is 2.75. The summed E-state index contributed by atoms with van der Waals surface area (Å²) in [6.07, 6.45) is 4.89. The number of carbonyl (C=O) groups excluding carboxylic acids is 1. The fraction of sp³-hybridized carbons (Fsp3) is 0.733. The summed E-state index contributed by atoms with van der Waals surface area (Å²) >= 11 is 0. The molecular formula is C15H26N4O2. The van der Waals surface area contributed by atoms with Crippen LogP contribution in [0.3, 0.4) is 0 Å². The van der Waals surface area contributed by atoms with Gasteiger partial charge in [-0.25, -0.2) is 4.98 Å². The van der Waals surface area contributed by atoms with Gasteiger partial charge in [0.1, 0.15) is 5.82 Å². The van der Waals surface area contributed by atoms with Crippen LogP contribution in [0.15, 0.2) is 12.4 Å². The predicted molar refractivity (Wildman–Crippen MR) is 80.9 cm³/mol. The summed E-state index contributed by atoms with van der Waals surface area (Å²) in [6, 6.07) is 0. The summed E-state index contributed by atoms with van der Waals surface area (Å²) < 4.78 is 2.08. The number of nitrogens with zero attached hydrogens (tertiary/aromatic N) is 4.